The predicted octanol–water partition coefficient (Wildman–Crippen LogP) is 3.39. The molecule has 212 valence electrons. The number of likely N-dealkylation sites (tertiary alicyclic amines) is 2. The van der Waals surface area contributed by atoms with Crippen LogP contribution < -0.4 is 9.47 Å². The van der Waals surface area contributed by atoms with Gasteiger partial charge in [0.15, 0.2) is 11.5 Å². The van der Waals surface area contributed by atoms with Gasteiger partial charge in [0.1, 0.15) is 6.10 Å². The molecule has 2 aromatic carbocycles. The molecule has 8 heteroatoms. The molecule has 0 aromatic heterocycles. The lowest BCUT2D eigenvalue weighted by molar-refractivity contribution is -0.201. The number of esters is 1. The maximum absolute atomic E-state index is 13.8. The van der Waals surface area contributed by atoms with E-state index in [1.807, 2.05) is 36.4 Å². The number of aliphatic hydroxyl groups is 1. The van der Waals surface area contributed by atoms with Crippen molar-refractivity contribution in [1.29, 1.82) is 0 Å². The molecule has 1 spiro atoms. The largest absolute Gasteiger partial charge is 0.483 e. The molecule has 2 amide bonds. The fourth-order valence-electron chi connectivity index (χ4n) is 8.73. The molecule has 8 nitrogen and oxygen atoms in total. The van der Waals surface area contributed by atoms with Gasteiger partial charge >= 0.3 is 5.97 Å². The summed E-state index contributed by atoms with van der Waals surface area (Å²) < 4.78 is 12.4. The highest BCUT2D eigenvalue weighted by atomic mass is 16.6. The van der Waals surface area contributed by atoms with Crippen LogP contribution in [0.1, 0.15) is 62.1 Å². The van der Waals surface area contributed by atoms with Gasteiger partial charge in [-0.2, -0.15) is 0 Å². The average Bonchev–Trinajstić information content (AvgIpc) is 3.63. The summed E-state index contributed by atoms with van der Waals surface area (Å²) >= 11 is 0. The summed E-state index contributed by atoms with van der Waals surface area (Å²) in [5.41, 5.74) is 1.47. The molecule has 3 aliphatic carbocycles. The van der Waals surface area contributed by atoms with Crippen LogP contribution >= 0.6 is 0 Å². The Morgan fingerprint density at radius 1 is 1.12 bits per heavy atom. The molecule has 2 saturated carbocycles. The second kappa shape index (κ2) is 8.76. The lowest BCUT2D eigenvalue weighted by Gasteiger charge is -2.64. The van der Waals surface area contributed by atoms with Gasteiger partial charge in [-0.1, -0.05) is 36.4 Å². The van der Waals surface area contributed by atoms with Crippen LogP contribution in [0.15, 0.2) is 48.0 Å². The zero-order valence-electron chi connectivity index (χ0n) is 23.2. The van der Waals surface area contributed by atoms with Crippen LogP contribution in [0.5, 0.6) is 11.5 Å². The first kappa shape index (κ1) is 25.2. The minimum absolute atomic E-state index is 0.0445. The van der Waals surface area contributed by atoms with Crippen molar-refractivity contribution in [3.8, 4) is 11.5 Å². The van der Waals surface area contributed by atoms with Crippen LogP contribution in [-0.2, 0) is 26.2 Å². The van der Waals surface area contributed by atoms with Gasteiger partial charge in [-0.15, -0.1) is 0 Å². The van der Waals surface area contributed by atoms with E-state index in [9.17, 15) is 19.5 Å². The smallest absolute Gasteiger partial charge is 0.308 e. The lowest BCUT2D eigenvalue weighted by atomic mass is 9.48. The Morgan fingerprint density at radius 3 is 2.68 bits per heavy atom. The van der Waals surface area contributed by atoms with E-state index in [0.29, 0.717) is 48.7 Å². The number of benzene rings is 2. The van der Waals surface area contributed by atoms with E-state index in [-0.39, 0.29) is 24.3 Å². The molecule has 4 fully saturated rings. The quantitative estimate of drug-likeness (QED) is 0.262. The Labute approximate surface area is 238 Å². The van der Waals surface area contributed by atoms with Crippen LogP contribution in [-0.4, -0.2) is 69.6 Å². The number of rotatable bonds is 5. The van der Waals surface area contributed by atoms with Gasteiger partial charge in [0, 0.05) is 30.6 Å². The van der Waals surface area contributed by atoms with Gasteiger partial charge in [-0.25, -0.2) is 0 Å². The summed E-state index contributed by atoms with van der Waals surface area (Å²) in [5, 5.41) is 12.8. The van der Waals surface area contributed by atoms with Gasteiger partial charge in [0.05, 0.1) is 23.5 Å². The first-order valence-corrected chi connectivity index (χ1v) is 14.9. The molecule has 5 atom stereocenters. The first-order chi connectivity index (χ1) is 19.8. The zero-order valence-corrected chi connectivity index (χ0v) is 23.2. The summed E-state index contributed by atoms with van der Waals surface area (Å²) in [4.78, 5) is 43.3. The fourth-order valence-corrected chi connectivity index (χ4v) is 8.73. The number of imide groups is 1. The van der Waals surface area contributed by atoms with Crippen LogP contribution in [0.4, 0.5) is 0 Å². The van der Waals surface area contributed by atoms with Crippen LogP contribution in [0, 0.1) is 5.92 Å². The number of ether oxygens (including phenoxy) is 2. The molecular formula is C33H34N2O6. The number of amides is 2. The van der Waals surface area contributed by atoms with Crippen LogP contribution in [0.3, 0.4) is 0 Å². The van der Waals surface area contributed by atoms with E-state index in [0.717, 1.165) is 29.8 Å². The van der Waals surface area contributed by atoms with Crippen LogP contribution in [0.2, 0.25) is 0 Å². The third-order valence-electron chi connectivity index (χ3n) is 10.5. The molecule has 3 aliphatic heterocycles. The van der Waals surface area contributed by atoms with E-state index < -0.39 is 29.1 Å². The second-order valence-corrected chi connectivity index (χ2v) is 12.8. The Hall–Kier alpha value is -3.49. The van der Waals surface area contributed by atoms with E-state index in [4.69, 9.17) is 9.47 Å². The molecule has 1 N–H and O–H groups in total. The fraction of sp³-hybridized carbons (Fsp3) is 0.485. The summed E-state index contributed by atoms with van der Waals surface area (Å²) in [6.07, 6.45) is 5.97. The van der Waals surface area contributed by atoms with Crippen LogP contribution in [0.25, 0.3) is 6.08 Å². The summed E-state index contributed by atoms with van der Waals surface area (Å²) in [7, 11) is 0. The number of hydrogen-bond acceptors (Lipinski definition) is 7. The molecular weight excluding hydrogens is 520 g/mol. The summed E-state index contributed by atoms with van der Waals surface area (Å²) in [5.74, 6) is 0.548. The van der Waals surface area contributed by atoms with Crippen molar-refractivity contribution in [2.24, 2.45) is 5.92 Å². The standard InChI is InChI=1S/C33H34N2O6/c1-19(36)40-25-10-9-22-16-26-33(39)12-11-24(35-27(37)17-23(31(35)38)15-20-5-3-2-4-6-20)30-32(33,28(22)29(25)41-30)13-14-34(26)18-21-7-8-21/h2-6,9-10,15,21,24,26,30,39H,7-8,11-14,16-18H2,1H3/b23-15-/t24-,26-,30+,32+,33-/m1/s1. The topological polar surface area (TPSA) is 96.4 Å². The highest BCUT2D eigenvalue weighted by Crippen LogP contribution is 2.66. The average molecular weight is 555 g/mol. The Bertz CT molecular complexity index is 1520. The van der Waals surface area contributed by atoms with Crippen molar-refractivity contribution >= 4 is 23.9 Å². The van der Waals surface area contributed by atoms with Gasteiger partial charge in [0.2, 0.25) is 5.91 Å². The highest BCUT2D eigenvalue weighted by molar-refractivity contribution is 6.16. The zero-order chi connectivity index (χ0) is 28.1. The van der Waals surface area contributed by atoms with Crippen molar-refractivity contribution in [3.05, 3.63) is 64.7 Å². The summed E-state index contributed by atoms with van der Waals surface area (Å²) in [6.45, 7) is 3.16. The van der Waals surface area contributed by atoms with Gasteiger partial charge in [-0.05, 0) is 74.3 Å². The maximum atomic E-state index is 13.8. The number of hydrogen-bond donors (Lipinski definition) is 1. The molecule has 0 unspecified atom stereocenters. The van der Waals surface area contributed by atoms with E-state index in [1.165, 1.54) is 24.7 Å². The maximum Gasteiger partial charge on any atom is 0.308 e. The molecule has 2 aromatic rings. The number of carbonyl (C=O) groups excluding carboxylic acids is 3. The third kappa shape index (κ3) is 3.50. The predicted molar refractivity (Wildman–Crippen MR) is 149 cm³/mol. The number of piperidine rings is 1. The van der Waals surface area contributed by atoms with Crippen molar-refractivity contribution in [1.82, 2.24) is 9.80 Å². The summed E-state index contributed by atoms with van der Waals surface area (Å²) in [6, 6.07) is 12.8. The van der Waals surface area contributed by atoms with Crippen molar-refractivity contribution in [3.63, 3.8) is 0 Å². The molecule has 6 aliphatic rings. The highest BCUT2D eigenvalue weighted by Gasteiger charge is 2.74. The molecule has 0 radical (unpaired) electrons. The lowest BCUT2D eigenvalue weighted by Crippen LogP contribution is -2.78. The minimum Gasteiger partial charge on any atom is -0.483 e. The monoisotopic (exact) mass is 554 g/mol. The number of nitrogens with zero attached hydrogens (tertiary/aromatic N) is 2. The van der Waals surface area contributed by atoms with Crippen molar-refractivity contribution in [2.75, 3.05) is 13.1 Å². The molecule has 41 heavy (non-hydrogen) atoms. The normalized spacial score (nSPS) is 34.5. The SMILES string of the molecule is CC(=O)Oc1ccc2c3c1O[C@H]1[C@H](N4C(=O)C/C(=C/c5ccccc5)C4=O)CC[C@@]4(O)[C@@H](C2)N(CC2CC2)CC[C@]314. The van der Waals surface area contributed by atoms with E-state index in [2.05, 4.69) is 4.90 Å². The molecule has 2 bridgehead atoms. The Morgan fingerprint density at radius 2 is 1.93 bits per heavy atom. The molecule has 3 heterocycles. The molecule has 8 rings (SSSR count). The van der Waals surface area contributed by atoms with Gasteiger partial charge in [0.25, 0.3) is 5.91 Å². The van der Waals surface area contributed by atoms with E-state index >= 15 is 0 Å². The van der Waals surface area contributed by atoms with Crippen molar-refractivity contribution in [2.45, 2.75) is 81.1 Å². The first-order valence-electron chi connectivity index (χ1n) is 14.9. The van der Waals surface area contributed by atoms with E-state index in [1.54, 1.807) is 12.1 Å². The Balaban J connectivity index is 1.23. The number of carbonyl (C=O) groups is 3. The second-order valence-electron chi connectivity index (χ2n) is 12.8. The van der Waals surface area contributed by atoms with Crippen molar-refractivity contribution < 1.29 is 29.0 Å². The Kier molecular flexibility index (Phi) is 5.39. The molecule has 2 saturated heterocycles. The van der Waals surface area contributed by atoms with Gasteiger partial charge in [-0.3, -0.25) is 24.2 Å². The minimum atomic E-state index is -1.08. The van der Waals surface area contributed by atoms with Gasteiger partial charge < -0.3 is 14.6 Å². The third-order valence-corrected chi connectivity index (χ3v) is 10.5.